The van der Waals surface area contributed by atoms with Crippen molar-refractivity contribution in [2.45, 2.75) is 32.4 Å². The molecule has 0 unspecified atom stereocenters. The van der Waals surface area contributed by atoms with Gasteiger partial charge in [0, 0.05) is 31.1 Å². The Morgan fingerprint density at radius 2 is 2.09 bits per heavy atom. The van der Waals surface area contributed by atoms with E-state index in [0.29, 0.717) is 32.7 Å². The Labute approximate surface area is 134 Å². The van der Waals surface area contributed by atoms with Crippen molar-refractivity contribution in [1.82, 2.24) is 14.8 Å². The number of aliphatic hydroxyl groups is 1. The lowest BCUT2D eigenvalue weighted by molar-refractivity contribution is -0.129. The van der Waals surface area contributed by atoms with Gasteiger partial charge < -0.3 is 14.7 Å². The smallest absolute Gasteiger partial charge is 0.228 e. The first-order valence-electron chi connectivity index (χ1n) is 7.75. The van der Waals surface area contributed by atoms with Crippen molar-refractivity contribution in [3.8, 4) is 0 Å². The van der Waals surface area contributed by atoms with E-state index in [4.69, 9.17) is 4.74 Å². The van der Waals surface area contributed by atoms with Crippen LogP contribution in [0.4, 0.5) is 0 Å². The number of amides is 1. The van der Waals surface area contributed by atoms with Crippen molar-refractivity contribution in [3.05, 3.63) is 15.6 Å². The molecule has 0 aliphatic carbocycles. The summed E-state index contributed by atoms with van der Waals surface area (Å²) in [7, 11) is 0. The van der Waals surface area contributed by atoms with Crippen LogP contribution in [0.1, 0.15) is 15.6 Å². The first-order chi connectivity index (χ1) is 10.5. The second-order valence-electron chi connectivity index (χ2n) is 6.00. The molecule has 3 heterocycles. The standard InChI is InChI=1S/C15H23N3O3S/c1-10-14(22-11(2)16-10)7-15(20)18-8-12(13(19)9-18)17-3-5-21-6-4-17/h12-13,19H,3-9H2,1-2H3/t12-,13-/m1/s1. The number of aryl methyl sites for hydroxylation is 2. The minimum Gasteiger partial charge on any atom is -0.390 e. The lowest BCUT2D eigenvalue weighted by Crippen LogP contribution is -2.49. The number of rotatable bonds is 3. The van der Waals surface area contributed by atoms with Crippen LogP contribution >= 0.6 is 11.3 Å². The van der Waals surface area contributed by atoms with E-state index in [2.05, 4.69) is 9.88 Å². The number of aromatic nitrogens is 1. The molecule has 2 saturated heterocycles. The summed E-state index contributed by atoms with van der Waals surface area (Å²) in [6, 6.07) is 0.0390. The van der Waals surface area contributed by atoms with E-state index in [-0.39, 0.29) is 11.9 Å². The van der Waals surface area contributed by atoms with E-state index in [1.54, 1.807) is 16.2 Å². The summed E-state index contributed by atoms with van der Waals surface area (Å²) in [5, 5.41) is 11.3. The normalized spacial score (nSPS) is 26.6. The molecule has 2 fully saturated rings. The second kappa shape index (κ2) is 6.62. The Balaban J connectivity index is 1.61. The molecule has 1 amide bonds. The highest BCUT2D eigenvalue weighted by molar-refractivity contribution is 7.11. The highest BCUT2D eigenvalue weighted by Crippen LogP contribution is 2.22. The third kappa shape index (κ3) is 3.32. The van der Waals surface area contributed by atoms with Gasteiger partial charge in [-0.15, -0.1) is 11.3 Å². The molecule has 122 valence electrons. The largest absolute Gasteiger partial charge is 0.390 e. The van der Waals surface area contributed by atoms with Gasteiger partial charge in [0.15, 0.2) is 0 Å². The fraction of sp³-hybridized carbons (Fsp3) is 0.733. The number of likely N-dealkylation sites (tertiary alicyclic amines) is 1. The van der Waals surface area contributed by atoms with Crippen molar-refractivity contribution in [2.24, 2.45) is 0 Å². The summed E-state index contributed by atoms with van der Waals surface area (Å²) in [4.78, 5) is 21.9. The molecule has 1 N–H and O–H groups in total. The SMILES string of the molecule is Cc1nc(C)c(CC(=O)N2C[C@@H](O)[C@H](N3CCOCC3)C2)s1. The van der Waals surface area contributed by atoms with Crippen LogP contribution in [0.25, 0.3) is 0 Å². The molecule has 22 heavy (non-hydrogen) atoms. The highest BCUT2D eigenvalue weighted by atomic mass is 32.1. The van der Waals surface area contributed by atoms with Crippen LogP contribution in [0.15, 0.2) is 0 Å². The zero-order chi connectivity index (χ0) is 15.7. The van der Waals surface area contributed by atoms with Gasteiger partial charge in [-0.3, -0.25) is 9.69 Å². The molecule has 0 radical (unpaired) electrons. The Kier molecular flexibility index (Phi) is 4.77. The highest BCUT2D eigenvalue weighted by Gasteiger charge is 2.38. The van der Waals surface area contributed by atoms with Crippen LogP contribution in [0.3, 0.4) is 0 Å². The molecular formula is C15H23N3O3S. The fourth-order valence-electron chi connectivity index (χ4n) is 3.23. The van der Waals surface area contributed by atoms with Crippen molar-refractivity contribution in [3.63, 3.8) is 0 Å². The summed E-state index contributed by atoms with van der Waals surface area (Å²) < 4.78 is 5.35. The number of nitrogens with zero attached hydrogens (tertiary/aromatic N) is 3. The van der Waals surface area contributed by atoms with Crippen molar-refractivity contribution in [1.29, 1.82) is 0 Å². The number of hydrogen-bond donors (Lipinski definition) is 1. The van der Waals surface area contributed by atoms with Gasteiger partial charge in [-0.1, -0.05) is 0 Å². The van der Waals surface area contributed by atoms with Crippen molar-refractivity contribution in [2.75, 3.05) is 39.4 Å². The number of aliphatic hydroxyl groups excluding tert-OH is 1. The first kappa shape index (κ1) is 15.9. The second-order valence-corrected chi connectivity index (χ2v) is 7.29. The van der Waals surface area contributed by atoms with Gasteiger partial charge in [0.1, 0.15) is 0 Å². The van der Waals surface area contributed by atoms with Gasteiger partial charge in [-0.2, -0.15) is 0 Å². The van der Waals surface area contributed by atoms with E-state index in [0.717, 1.165) is 28.7 Å². The summed E-state index contributed by atoms with van der Waals surface area (Å²) in [5.41, 5.74) is 0.945. The maximum atomic E-state index is 12.5. The molecule has 0 bridgehead atoms. The first-order valence-corrected chi connectivity index (χ1v) is 8.57. The maximum absolute atomic E-state index is 12.5. The number of thiazole rings is 1. The predicted octanol–water partition coefficient (Wildman–Crippen LogP) is 0.206. The zero-order valence-corrected chi connectivity index (χ0v) is 13.9. The number of β-amino-alcohol motifs (C(OH)–C–C–N with tert-alkyl or cyclic N) is 1. The topological polar surface area (TPSA) is 65.9 Å². The van der Waals surface area contributed by atoms with Gasteiger partial charge in [0.25, 0.3) is 0 Å². The van der Waals surface area contributed by atoms with Crippen molar-refractivity contribution >= 4 is 17.2 Å². The summed E-state index contributed by atoms with van der Waals surface area (Å²) in [5.74, 6) is 0.0848. The van der Waals surface area contributed by atoms with Gasteiger partial charge in [0.05, 0.1) is 42.5 Å². The molecule has 1 aromatic heterocycles. The Hall–Kier alpha value is -1.02. The van der Waals surface area contributed by atoms with Gasteiger partial charge in [0.2, 0.25) is 5.91 Å². The minimum absolute atomic E-state index is 0.0390. The fourth-order valence-corrected chi connectivity index (χ4v) is 4.16. The number of hydrogen-bond acceptors (Lipinski definition) is 6. The Bertz CT molecular complexity index is 542. The zero-order valence-electron chi connectivity index (χ0n) is 13.1. The van der Waals surface area contributed by atoms with Crippen LogP contribution in [0, 0.1) is 13.8 Å². The molecule has 7 heteroatoms. The quantitative estimate of drug-likeness (QED) is 0.860. The summed E-state index contributed by atoms with van der Waals surface area (Å²) in [6.45, 7) is 8.01. The third-order valence-electron chi connectivity index (χ3n) is 4.44. The summed E-state index contributed by atoms with van der Waals surface area (Å²) in [6.07, 6.45) is -0.0776. The number of carbonyl (C=O) groups excluding carboxylic acids is 1. The Morgan fingerprint density at radius 1 is 1.36 bits per heavy atom. The molecular weight excluding hydrogens is 302 g/mol. The molecule has 2 aliphatic rings. The molecule has 0 saturated carbocycles. The van der Waals surface area contributed by atoms with Gasteiger partial charge in [-0.25, -0.2) is 4.98 Å². The van der Waals surface area contributed by atoms with E-state index in [1.807, 2.05) is 13.8 Å². The van der Waals surface area contributed by atoms with Gasteiger partial charge >= 0.3 is 0 Å². The van der Waals surface area contributed by atoms with E-state index < -0.39 is 6.10 Å². The molecule has 0 aromatic carbocycles. The van der Waals surface area contributed by atoms with Crippen LogP contribution in [0.2, 0.25) is 0 Å². The van der Waals surface area contributed by atoms with E-state index in [9.17, 15) is 9.90 Å². The number of ether oxygens (including phenoxy) is 1. The molecule has 6 nitrogen and oxygen atoms in total. The number of carbonyl (C=O) groups is 1. The molecule has 2 atom stereocenters. The lowest BCUT2D eigenvalue weighted by Gasteiger charge is -2.33. The molecule has 3 rings (SSSR count). The van der Waals surface area contributed by atoms with Gasteiger partial charge in [-0.05, 0) is 13.8 Å². The predicted molar refractivity (Wildman–Crippen MR) is 84.1 cm³/mol. The van der Waals surface area contributed by atoms with E-state index in [1.165, 1.54) is 0 Å². The number of morpholine rings is 1. The summed E-state index contributed by atoms with van der Waals surface area (Å²) >= 11 is 1.58. The maximum Gasteiger partial charge on any atom is 0.228 e. The molecule has 0 spiro atoms. The van der Waals surface area contributed by atoms with Crippen LogP contribution in [-0.4, -0.2) is 77.3 Å². The minimum atomic E-state index is -0.466. The van der Waals surface area contributed by atoms with Crippen LogP contribution in [0.5, 0.6) is 0 Å². The van der Waals surface area contributed by atoms with Crippen LogP contribution in [-0.2, 0) is 16.0 Å². The van der Waals surface area contributed by atoms with Crippen molar-refractivity contribution < 1.29 is 14.6 Å². The molecule has 2 aliphatic heterocycles. The van der Waals surface area contributed by atoms with E-state index >= 15 is 0 Å². The van der Waals surface area contributed by atoms with Crippen LogP contribution < -0.4 is 0 Å². The third-order valence-corrected chi connectivity index (χ3v) is 5.51. The molecule has 1 aromatic rings. The monoisotopic (exact) mass is 325 g/mol. The lowest BCUT2D eigenvalue weighted by atomic mass is 10.1. The Morgan fingerprint density at radius 3 is 2.73 bits per heavy atom. The average Bonchev–Trinajstić information content (AvgIpc) is 3.03. The average molecular weight is 325 g/mol.